The standard InChI is InChI=1S/C12H18N6/c1-7-4-3-5-9(7)15-10-8-6-14-18-11(8)17-12(13-2)16-10/h6-7,9H,3-5H2,1-2H3,(H3,13,14,15,16,17,18). The maximum atomic E-state index is 4.50. The third-order valence-electron chi connectivity index (χ3n) is 3.72. The summed E-state index contributed by atoms with van der Waals surface area (Å²) in [6.07, 6.45) is 5.56. The number of aromatic nitrogens is 4. The molecule has 3 rings (SSSR count). The van der Waals surface area contributed by atoms with Crippen molar-refractivity contribution in [1.82, 2.24) is 20.2 Å². The number of anilines is 2. The van der Waals surface area contributed by atoms with E-state index in [4.69, 9.17) is 0 Å². The fourth-order valence-electron chi connectivity index (χ4n) is 2.59. The Kier molecular flexibility index (Phi) is 2.77. The lowest BCUT2D eigenvalue weighted by atomic mass is 10.1. The van der Waals surface area contributed by atoms with Crippen LogP contribution in [-0.2, 0) is 0 Å². The summed E-state index contributed by atoms with van der Waals surface area (Å²) in [6.45, 7) is 2.29. The van der Waals surface area contributed by atoms with Crippen molar-refractivity contribution in [3.63, 3.8) is 0 Å². The molecule has 6 heteroatoms. The molecule has 0 aliphatic heterocycles. The van der Waals surface area contributed by atoms with E-state index in [0.717, 1.165) is 16.9 Å². The normalized spacial score (nSPS) is 23.4. The lowest BCUT2D eigenvalue weighted by Gasteiger charge is -2.18. The highest BCUT2D eigenvalue weighted by Gasteiger charge is 2.24. The van der Waals surface area contributed by atoms with Gasteiger partial charge in [0, 0.05) is 13.1 Å². The second-order valence-corrected chi connectivity index (χ2v) is 4.94. The Balaban J connectivity index is 1.96. The highest BCUT2D eigenvalue weighted by atomic mass is 15.2. The van der Waals surface area contributed by atoms with Crippen molar-refractivity contribution in [2.45, 2.75) is 32.2 Å². The largest absolute Gasteiger partial charge is 0.366 e. The summed E-state index contributed by atoms with van der Waals surface area (Å²) in [5.74, 6) is 2.18. The third kappa shape index (κ3) is 1.87. The Hall–Kier alpha value is -1.85. The smallest absolute Gasteiger partial charge is 0.226 e. The number of hydrogen-bond acceptors (Lipinski definition) is 5. The zero-order chi connectivity index (χ0) is 12.5. The van der Waals surface area contributed by atoms with Crippen LogP contribution in [0.3, 0.4) is 0 Å². The van der Waals surface area contributed by atoms with E-state index in [1.807, 2.05) is 7.05 Å². The van der Waals surface area contributed by atoms with Crippen LogP contribution in [0.2, 0.25) is 0 Å². The number of H-pyrrole nitrogens is 1. The van der Waals surface area contributed by atoms with Gasteiger partial charge in [-0.05, 0) is 18.8 Å². The van der Waals surface area contributed by atoms with Gasteiger partial charge in [0.2, 0.25) is 5.95 Å². The molecule has 18 heavy (non-hydrogen) atoms. The van der Waals surface area contributed by atoms with Crippen LogP contribution in [0, 0.1) is 5.92 Å². The van der Waals surface area contributed by atoms with E-state index in [-0.39, 0.29) is 0 Å². The van der Waals surface area contributed by atoms with E-state index >= 15 is 0 Å². The summed E-state index contributed by atoms with van der Waals surface area (Å²) in [7, 11) is 1.82. The van der Waals surface area contributed by atoms with Crippen LogP contribution in [0.4, 0.5) is 11.8 Å². The SMILES string of the molecule is CNc1nc(NC2CCCC2C)c2cn[nH]c2n1. The van der Waals surface area contributed by atoms with Gasteiger partial charge in [-0.25, -0.2) is 0 Å². The predicted octanol–water partition coefficient (Wildman–Crippen LogP) is 2.00. The minimum Gasteiger partial charge on any atom is -0.366 e. The highest BCUT2D eigenvalue weighted by molar-refractivity contribution is 5.87. The zero-order valence-electron chi connectivity index (χ0n) is 10.7. The molecule has 6 nitrogen and oxygen atoms in total. The van der Waals surface area contributed by atoms with E-state index in [2.05, 4.69) is 37.7 Å². The molecule has 0 spiro atoms. The van der Waals surface area contributed by atoms with Gasteiger partial charge in [-0.1, -0.05) is 13.3 Å². The minimum absolute atomic E-state index is 0.503. The van der Waals surface area contributed by atoms with Gasteiger partial charge in [-0.2, -0.15) is 15.1 Å². The average Bonchev–Trinajstić information content (AvgIpc) is 2.98. The van der Waals surface area contributed by atoms with Crippen LogP contribution < -0.4 is 10.6 Å². The molecule has 1 aliphatic rings. The van der Waals surface area contributed by atoms with Gasteiger partial charge >= 0.3 is 0 Å². The summed E-state index contributed by atoms with van der Waals surface area (Å²) >= 11 is 0. The summed E-state index contributed by atoms with van der Waals surface area (Å²) in [5.41, 5.74) is 0.766. The van der Waals surface area contributed by atoms with E-state index in [0.29, 0.717) is 17.9 Å². The molecule has 0 amide bonds. The minimum atomic E-state index is 0.503. The van der Waals surface area contributed by atoms with Gasteiger partial charge in [0.15, 0.2) is 5.65 Å². The molecule has 3 N–H and O–H groups in total. The zero-order valence-corrected chi connectivity index (χ0v) is 10.7. The van der Waals surface area contributed by atoms with Crippen LogP contribution in [0.5, 0.6) is 0 Å². The number of hydrogen-bond donors (Lipinski definition) is 3. The lowest BCUT2D eigenvalue weighted by Crippen LogP contribution is -2.22. The summed E-state index contributed by atoms with van der Waals surface area (Å²) in [4.78, 5) is 8.82. The Bertz CT molecular complexity index is 548. The molecule has 0 aromatic carbocycles. The van der Waals surface area contributed by atoms with Crippen LogP contribution in [-0.4, -0.2) is 33.3 Å². The first-order chi connectivity index (χ1) is 8.78. The molecular formula is C12H18N6. The Morgan fingerprint density at radius 2 is 2.22 bits per heavy atom. The maximum absolute atomic E-state index is 4.50. The first kappa shape index (κ1) is 11.3. The van der Waals surface area contributed by atoms with Crippen LogP contribution in [0.25, 0.3) is 11.0 Å². The maximum Gasteiger partial charge on any atom is 0.226 e. The molecular weight excluding hydrogens is 228 g/mol. The molecule has 2 heterocycles. The molecule has 96 valence electrons. The molecule has 0 radical (unpaired) electrons. The van der Waals surface area contributed by atoms with Gasteiger partial charge in [0.1, 0.15) is 5.82 Å². The Morgan fingerprint density at radius 1 is 1.33 bits per heavy atom. The van der Waals surface area contributed by atoms with Crippen LogP contribution in [0.15, 0.2) is 6.20 Å². The van der Waals surface area contributed by atoms with Crippen molar-refractivity contribution in [2.75, 3.05) is 17.7 Å². The number of aromatic amines is 1. The quantitative estimate of drug-likeness (QED) is 0.772. The van der Waals surface area contributed by atoms with E-state index < -0.39 is 0 Å². The third-order valence-corrected chi connectivity index (χ3v) is 3.72. The molecule has 2 unspecified atom stereocenters. The van der Waals surface area contributed by atoms with Gasteiger partial charge in [0.25, 0.3) is 0 Å². The summed E-state index contributed by atoms with van der Waals surface area (Å²) in [5, 5.41) is 14.4. The van der Waals surface area contributed by atoms with E-state index in [1.54, 1.807) is 6.20 Å². The van der Waals surface area contributed by atoms with Crippen molar-refractivity contribution in [3.8, 4) is 0 Å². The molecule has 2 atom stereocenters. The van der Waals surface area contributed by atoms with Crippen LogP contribution in [0.1, 0.15) is 26.2 Å². The van der Waals surface area contributed by atoms with Crippen molar-refractivity contribution in [1.29, 1.82) is 0 Å². The van der Waals surface area contributed by atoms with Gasteiger partial charge in [0.05, 0.1) is 11.6 Å². The average molecular weight is 246 g/mol. The number of nitrogens with zero attached hydrogens (tertiary/aromatic N) is 3. The number of nitrogens with one attached hydrogen (secondary N) is 3. The monoisotopic (exact) mass is 246 g/mol. The summed E-state index contributed by atoms with van der Waals surface area (Å²) in [6, 6.07) is 0.503. The topological polar surface area (TPSA) is 78.5 Å². The van der Waals surface area contributed by atoms with Gasteiger partial charge in [-0.3, -0.25) is 5.10 Å². The molecule has 2 aromatic rings. The van der Waals surface area contributed by atoms with Crippen molar-refractivity contribution < 1.29 is 0 Å². The Labute approximate surface area is 106 Å². The number of rotatable bonds is 3. The van der Waals surface area contributed by atoms with Gasteiger partial charge < -0.3 is 10.6 Å². The molecule has 2 aromatic heterocycles. The molecule has 1 aliphatic carbocycles. The second kappa shape index (κ2) is 4.44. The first-order valence-electron chi connectivity index (χ1n) is 6.43. The fraction of sp³-hybridized carbons (Fsp3) is 0.583. The van der Waals surface area contributed by atoms with E-state index in [9.17, 15) is 0 Å². The molecule has 0 bridgehead atoms. The summed E-state index contributed by atoms with van der Waals surface area (Å²) < 4.78 is 0. The van der Waals surface area contributed by atoms with Crippen molar-refractivity contribution in [3.05, 3.63) is 6.20 Å². The fourth-order valence-corrected chi connectivity index (χ4v) is 2.59. The predicted molar refractivity (Wildman–Crippen MR) is 71.7 cm³/mol. The van der Waals surface area contributed by atoms with Crippen molar-refractivity contribution in [2.24, 2.45) is 5.92 Å². The lowest BCUT2D eigenvalue weighted by molar-refractivity contribution is 0.555. The molecule has 1 saturated carbocycles. The highest BCUT2D eigenvalue weighted by Crippen LogP contribution is 2.29. The van der Waals surface area contributed by atoms with E-state index in [1.165, 1.54) is 19.3 Å². The molecule has 0 saturated heterocycles. The Morgan fingerprint density at radius 3 is 2.94 bits per heavy atom. The van der Waals surface area contributed by atoms with Crippen molar-refractivity contribution >= 4 is 22.8 Å². The van der Waals surface area contributed by atoms with Gasteiger partial charge in [-0.15, -0.1) is 0 Å². The first-order valence-corrected chi connectivity index (χ1v) is 6.43. The molecule has 1 fully saturated rings. The van der Waals surface area contributed by atoms with Crippen LogP contribution >= 0.6 is 0 Å². The number of fused-ring (bicyclic) bond motifs is 1. The second-order valence-electron chi connectivity index (χ2n) is 4.94.